The summed E-state index contributed by atoms with van der Waals surface area (Å²) in [5, 5.41) is 0.850. The van der Waals surface area contributed by atoms with Crippen LogP contribution in [0.2, 0.25) is 0 Å². The van der Waals surface area contributed by atoms with Crippen molar-refractivity contribution in [2.24, 2.45) is 7.05 Å². The van der Waals surface area contributed by atoms with Crippen LogP contribution in [0.25, 0.3) is 11.3 Å². The Labute approximate surface area is 117 Å². The average molecular weight is 346 g/mol. The van der Waals surface area contributed by atoms with Gasteiger partial charge in [-0.3, -0.25) is 5.73 Å². The molecule has 0 radical (unpaired) electrons. The highest BCUT2D eigenvalue weighted by Gasteiger charge is 2.16. The van der Waals surface area contributed by atoms with Crippen LogP contribution in [0.1, 0.15) is 10.4 Å². The molecular weight excluding hydrogens is 331 g/mol. The predicted octanol–water partition coefficient (Wildman–Crippen LogP) is -0.557. The fourth-order valence-electron chi connectivity index (χ4n) is 1.73. The van der Waals surface area contributed by atoms with E-state index in [-0.39, 0.29) is 24.0 Å². The topological polar surface area (TPSA) is 29.9 Å². The Morgan fingerprint density at radius 1 is 1.12 bits per heavy atom. The maximum Gasteiger partial charge on any atom is 0.332 e. The molecule has 0 spiro atoms. The maximum absolute atomic E-state index is 5.89. The van der Waals surface area contributed by atoms with Crippen LogP contribution in [0.4, 0.5) is 5.13 Å². The molecule has 1 aromatic carbocycles. The van der Waals surface area contributed by atoms with Crippen LogP contribution in [0.3, 0.4) is 0 Å². The van der Waals surface area contributed by atoms with Crippen molar-refractivity contribution in [2.75, 3.05) is 5.73 Å². The van der Waals surface area contributed by atoms with Crippen molar-refractivity contribution in [1.82, 2.24) is 0 Å². The molecule has 1 aromatic heterocycles. The largest absolute Gasteiger partial charge is 1.00 e. The van der Waals surface area contributed by atoms with Crippen molar-refractivity contribution < 1.29 is 28.5 Å². The first-order chi connectivity index (χ1) is 7.09. The Bertz CT molecular complexity index is 488. The van der Waals surface area contributed by atoms with Crippen LogP contribution >= 0.6 is 11.3 Å². The molecule has 0 saturated carbocycles. The van der Waals surface area contributed by atoms with Gasteiger partial charge in [0.05, 0.1) is 11.9 Å². The van der Waals surface area contributed by atoms with Gasteiger partial charge in [-0.15, -0.1) is 0 Å². The number of hydrogen-bond acceptors (Lipinski definition) is 2. The highest BCUT2D eigenvalue weighted by atomic mass is 127. The number of nitrogens with two attached hydrogens (primary N) is 1. The number of aryl methyl sites for hydroxylation is 2. The quantitative estimate of drug-likeness (QED) is 0.545. The number of halogens is 1. The standard InChI is InChI=1S/C12H14N2S.HI/c1-8-4-6-10(7-5-8)11-9(2)15-12(13)14(11)3;/h4-7,13H,1-3H3;1H. The zero-order valence-electron chi connectivity index (χ0n) is 9.62. The molecular formula is C12H15IN2S. The molecule has 0 aliphatic heterocycles. The number of hydrogen-bond donors (Lipinski definition) is 1. The molecule has 2 rings (SSSR count). The Morgan fingerprint density at radius 2 is 1.69 bits per heavy atom. The summed E-state index contributed by atoms with van der Waals surface area (Å²) >= 11 is 1.64. The molecule has 0 amide bonds. The molecule has 2 aromatic rings. The minimum Gasteiger partial charge on any atom is -1.00 e. The smallest absolute Gasteiger partial charge is 0.332 e. The molecule has 2 N–H and O–H groups in total. The summed E-state index contributed by atoms with van der Waals surface area (Å²) in [6.07, 6.45) is 0. The normalized spacial score (nSPS) is 9.94. The van der Waals surface area contributed by atoms with E-state index in [4.69, 9.17) is 5.73 Å². The SMILES string of the molecule is Cc1ccc(-c2c(C)sc(N)[n+]2C)cc1.[I-]. The first-order valence-corrected chi connectivity index (χ1v) is 5.73. The summed E-state index contributed by atoms with van der Waals surface area (Å²) in [6.45, 7) is 4.20. The van der Waals surface area contributed by atoms with E-state index >= 15 is 0 Å². The van der Waals surface area contributed by atoms with Gasteiger partial charge in [0.2, 0.25) is 0 Å². The number of aromatic nitrogens is 1. The lowest BCUT2D eigenvalue weighted by atomic mass is 10.1. The van der Waals surface area contributed by atoms with Gasteiger partial charge in [0.15, 0.2) is 0 Å². The van der Waals surface area contributed by atoms with E-state index in [1.54, 1.807) is 11.3 Å². The summed E-state index contributed by atoms with van der Waals surface area (Å²) in [5.74, 6) is 0. The molecule has 4 heteroatoms. The van der Waals surface area contributed by atoms with Crippen molar-refractivity contribution in [1.29, 1.82) is 0 Å². The third-order valence-electron chi connectivity index (χ3n) is 2.58. The van der Waals surface area contributed by atoms with Crippen molar-refractivity contribution >= 4 is 16.5 Å². The molecule has 16 heavy (non-hydrogen) atoms. The van der Waals surface area contributed by atoms with Crippen molar-refractivity contribution in [3.05, 3.63) is 34.7 Å². The highest BCUT2D eigenvalue weighted by molar-refractivity contribution is 7.15. The molecule has 0 saturated heterocycles. The number of anilines is 1. The van der Waals surface area contributed by atoms with Gasteiger partial charge in [0.1, 0.15) is 5.69 Å². The second-order valence-corrected chi connectivity index (χ2v) is 5.00. The number of nitrogen functional groups attached to an aromatic ring is 1. The van der Waals surface area contributed by atoms with Crippen LogP contribution in [0.5, 0.6) is 0 Å². The van der Waals surface area contributed by atoms with Crippen molar-refractivity contribution in [3.63, 3.8) is 0 Å². The van der Waals surface area contributed by atoms with Gasteiger partial charge in [0, 0.05) is 5.56 Å². The average Bonchev–Trinajstić information content (AvgIpc) is 2.44. The summed E-state index contributed by atoms with van der Waals surface area (Å²) in [7, 11) is 2.01. The van der Waals surface area contributed by atoms with Crippen LogP contribution in [-0.2, 0) is 7.05 Å². The lowest BCUT2D eigenvalue weighted by molar-refractivity contribution is -0.641. The summed E-state index contributed by atoms with van der Waals surface area (Å²) in [5.41, 5.74) is 9.62. The van der Waals surface area contributed by atoms with Crippen LogP contribution in [0.15, 0.2) is 24.3 Å². The van der Waals surface area contributed by atoms with Gasteiger partial charge >= 0.3 is 5.13 Å². The van der Waals surface area contributed by atoms with Gasteiger partial charge < -0.3 is 24.0 Å². The number of benzene rings is 1. The van der Waals surface area contributed by atoms with E-state index in [2.05, 4.69) is 38.1 Å². The van der Waals surface area contributed by atoms with Crippen LogP contribution in [0, 0.1) is 13.8 Å². The Kier molecular flexibility index (Phi) is 4.32. The lowest BCUT2D eigenvalue weighted by Crippen LogP contribution is -3.00. The fraction of sp³-hybridized carbons (Fsp3) is 0.250. The summed E-state index contributed by atoms with van der Waals surface area (Å²) < 4.78 is 2.05. The molecule has 0 fully saturated rings. The zero-order chi connectivity index (χ0) is 11.0. The van der Waals surface area contributed by atoms with Gasteiger partial charge in [-0.2, -0.15) is 0 Å². The number of thiazole rings is 1. The molecule has 0 atom stereocenters. The maximum atomic E-state index is 5.89. The molecule has 2 nitrogen and oxygen atoms in total. The lowest BCUT2D eigenvalue weighted by Gasteiger charge is -2.00. The minimum atomic E-state index is 0. The second-order valence-electron chi connectivity index (χ2n) is 3.77. The number of nitrogens with zero attached hydrogens (tertiary/aromatic N) is 1. The Morgan fingerprint density at radius 3 is 2.12 bits per heavy atom. The van der Waals surface area contributed by atoms with Crippen LogP contribution in [-0.4, -0.2) is 0 Å². The molecule has 0 unspecified atom stereocenters. The predicted molar refractivity (Wildman–Crippen MR) is 64.8 cm³/mol. The summed E-state index contributed by atoms with van der Waals surface area (Å²) in [6, 6.07) is 8.54. The monoisotopic (exact) mass is 346 g/mol. The van der Waals surface area contributed by atoms with Gasteiger partial charge in [-0.05, 0) is 13.8 Å². The molecule has 0 aliphatic carbocycles. The van der Waals surface area contributed by atoms with E-state index < -0.39 is 0 Å². The first kappa shape index (κ1) is 13.4. The van der Waals surface area contributed by atoms with E-state index in [0.717, 1.165) is 5.13 Å². The van der Waals surface area contributed by atoms with Gasteiger partial charge in [-0.1, -0.05) is 41.2 Å². The Balaban J connectivity index is 0.00000128. The van der Waals surface area contributed by atoms with Gasteiger partial charge in [0.25, 0.3) is 0 Å². The van der Waals surface area contributed by atoms with Crippen molar-refractivity contribution in [2.45, 2.75) is 13.8 Å². The third-order valence-corrected chi connectivity index (χ3v) is 3.56. The highest BCUT2D eigenvalue weighted by Crippen LogP contribution is 2.26. The van der Waals surface area contributed by atoms with Crippen LogP contribution < -0.4 is 34.3 Å². The van der Waals surface area contributed by atoms with E-state index in [1.165, 1.54) is 21.7 Å². The van der Waals surface area contributed by atoms with Gasteiger partial charge in [-0.25, -0.2) is 4.57 Å². The summed E-state index contributed by atoms with van der Waals surface area (Å²) in [4.78, 5) is 1.26. The van der Waals surface area contributed by atoms with Crippen molar-refractivity contribution in [3.8, 4) is 11.3 Å². The minimum absolute atomic E-state index is 0. The molecule has 86 valence electrons. The van der Waals surface area contributed by atoms with E-state index in [1.807, 2.05) is 11.6 Å². The zero-order valence-corrected chi connectivity index (χ0v) is 12.6. The second kappa shape index (κ2) is 5.14. The van der Waals surface area contributed by atoms with E-state index in [9.17, 15) is 0 Å². The molecule has 0 aliphatic rings. The Hall–Kier alpha value is -0.620. The van der Waals surface area contributed by atoms with E-state index in [0.29, 0.717) is 0 Å². The molecule has 0 bridgehead atoms. The fourth-order valence-corrected chi connectivity index (χ4v) is 2.62. The first-order valence-electron chi connectivity index (χ1n) is 4.91. The molecule has 1 heterocycles. The third kappa shape index (κ3) is 2.38. The number of rotatable bonds is 1.